The van der Waals surface area contributed by atoms with Crippen LogP contribution in [0.25, 0.3) is 21.1 Å². The maximum Gasteiger partial charge on any atom is 0.182 e. The largest absolute Gasteiger partial charge is 0.360 e. The molecular formula is C23H23ClN6OS. The third-order valence-electron chi connectivity index (χ3n) is 5.96. The van der Waals surface area contributed by atoms with Crippen LogP contribution in [-0.2, 0) is 0 Å². The van der Waals surface area contributed by atoms with Crippen molar-refractivity contribution in [3.63, 3.8) is 0 Å². The number of fused-ring (bicyclic) bond motifs is 2. The summed E-state index contributed by atoms with van der Waals surface area (Å²) in [5.41, 5.74) is 3.70. The summed E-state index contributed by atoms with van der Waals surface area (Å²) in [5, 5.41) is 8.94. The second-order valence-corrected chi connectivity index (χ2v) is 9.39. The normalized spacial score (nSPS) is 15.8. The van der Waals surface area contributed by atoms with Crippen molar-refractivity contribution in [2.75, 3.05) is 18.4 Å². The Balaban J connectivity index is 1.50. The van der Waals surface area contributed by atoms with E-state index in [1.54, 1.807) is 5.51 Å². The fourth-order valence-corrected chi connectivity index (χ4v) is 5.13. The number of pyridine rings is 1. The van der Waals surface area contributed by atoms with Crippen molar-refractivity contribution in [2.45, 2.75) is 32.2 Å². The second kappa shape index (κ2) is 9.05. The first-order valence-electron chi connectivity index (χ1n) is 10.7. The topological polar surface area (TPSA) is 92.7 Å². The third-order valence-corrected chi connectivity index (χ3v) is 7.00. The number of rotatable bonds is 6. The highest BCUT2D eigenvalue weighted by atomic mass is 35.5. The van der Waals surface area contributed by atoms with Gasteiger partial charge in [-0.05, 0) is 56.3 Å². The highest BCUT2D eigenvalue weighted by Gasteiger charge is 2.23. The van der Waals surface area contributed by atoms with E-state index in [4.69, 9.17) is 16.6 Å². The number of nitrogens with one attached hydrogen (secondary N) is 2. The number of halogens is 1. The summed E-state index contributed by atoms with van der Waals surface area (Å²) < 4.78 is 0. The zero-order valence-electron chi connectivity index (χ0n) is 17.6. The molecule has 1 fully saturated rings. The van der Waals surface area contributed by atoms with Crippen molar-refractivity contribution in [3.05, 3.63) is 52.5 Å². The van der Waals surface area contributed by atoms with Crippen molar-refractivity contribution in [2.24, 2.45) is 5.92 Å². The van der Waals surface area contributed by atoms with Crippen LogP contribution in [0.5, 0.6) is 0 Å². The monoisotopic (exact) mass is 466 g/mol. The number of anilines is 1. The molecule has 4 heterocycles. The van der Waals surface area contributed by atoms with E-state index in [0.29, 0.717) is 28.9 Å². The summed E-state index contributed by atoms with van der Waals surface area (Å²) >= 11 is 7.99. The minimum Gasteiger partial charge on any atom is -0.360 e. The van der Waals surface area contributed by atoms with Crippen molar-refractivity contribution in [3.8, 4) is 0 Å². The molecule has 0 unspecified atom stereocenters. The lowest BCUT2D eigenvalue weighted by atomic mass is 9.90. The molecule has 3 aromatic heterocycles. The third kappa shape index (κ3) is 4.18. The summed E-state index contributed by atoms with van der Waals surface area (Å²) in [6, 6.07) is 7.48. The zero-order chi connectivity index (χ0) is 22.1. The van der Waals surface area contributed by atoms with E-state index in [1.807, 2.05) is 31.2 Å². The zero-order valence-corrected chi connectivity index (χ0v) is 19.2. The second-order valence-electron chi connectivity index (χ2n) is 8.15. The molecule has 1 aliphatic heterocycles. The number of piperidine rings is 1. The quantitative estimate of drug-likeness (QED) is 0.385. The highest BCUT2D eigenvalue weighted by Crippen LogP contribution is 2.32. The van der Waals surface area contributed by atoms with E-state index in [0.717, 1.165) is 52.7 Å². The molecule has 9 heteroatoms. The Bertz CT molecular complexity index is 1290. The van der Waals surface area contributed by atoms with Gasteiger partial charge < -0.3 is 10.6 Å². The van der Waals surface area contributed by atoms with Crippen LogP contribution in [0, 0.1) is 5.92 Å². The Labute approximate surface area is 194 Å². The van der Waals surface area contributed by atoms with Gasteiger partial charge in [0.15, 0.2) is 11.6 Å². The Morgan fingerprint density at radius 3 is 2.97 bits per heavy atom. The molecule has 4 aromatic rings. The van der Waals surface area contributed by atoms with Crippen LogP contribution in [0.4, 0.5) is 5.82 Å². The molecule has 0 saturated carbocycles. The van der Waals surface area contributed by atoms with Gasteiger partial charge in [-0.2, -0.15) is 0 Å². The highest BCUT2D eigenvalue weighted by molar-refractivity contribution is 7.16. The van der Waals surface area contributed by atoms with Gasteiger partial charge in [0, 0.05) is 11.8 Å². The molecular weight excluding hydrogens is 444 g/mol. The van der Waals surface area contributed by atoms with Gasteiger partial charge in [0.2, 0.25) is 0 Å². The van der Waals surface area contributed by atoms with E-state index in [-0.39, 0.29) is 11.8 Å². The fourth-order valence-electron chi connectivity index (χ4n) is 4.23. The summed E-state index contributed by atoms with van der Waals surface area (Å²) in [6.07, 6.45) is 4.03. The molecule has 1 atom stereocenters. The lowest BCUT2D eigenvalue weighted by molar-refractivity contribution is 0.0949. The van der Waals surface area contributed by atoms with E-state index < -0.39 is 0 Å². The van der Waals surface area contributed by atoms with Crippen LogP contribution >= 0.6 is 22.9 Å². The molecule has 164 valence electrons. The van der Waals surface area contributed by atoms with Gasteiger partial charge in [-0.1, -0.05) is 23.7 Å². The number of nitrogens with zero attached hydrogens (tertiary/aromatic N) is 4. The average molecular weight is 467 g/mol. The van der Waals surface area contributed by atoms with Crippen molar-refractivity contribution in [1.29, 1.82) is 0 Å². The van der Waals surface area contributed by atoms with Gasteiger partial charge in [-0.25, -0.2) is 19.9 Å². The van der Waals surface area contributed by atoms with Crippen molar-refractivity contribution < 1.29 is 4.79 Å². The summed E-state index contributed by atoms with van der Waals surface area (Å²) in [4.78, 5) is 32.0. The number of Topliss-reactive ketones (excluding diaryl/α,β-unsaturated/α-hetero) is 1. The molecule has 1 aliphatic rings. The van der Waals surface area contributed by atoms with Crippen LogP contribution in [0.2, 0.25) is 5.02 Å². The molecule has 0 spiro atoms. The standard InChI is InChI=1S/C23H23ClN6OS/c1-13(29-22-21-23(27-11-26-22)32-12-28-21)17-10-15-3-2-4-16(24)19(15)20(30-17)18(31)9-14-5-7-25-8-6-14/h2-4,10-14,25H,5-9H2,1H3,(H,26,27,29)/t13-/m0/s1. The predicted octanol–water partition coefficient (Wildman–Crippen LogP) is 5.03. The molecule has 0 radical (unpaired) electrons. The lowest BCUT2D eigenvalue weighted by Crippen LogP contribution is -2.29. The summed E-state index contributed by atoms with van der Waals surface area (Å²) in [6.45, 7) is 3.91. The number of aromatic nitrogens is 4. The average Bonchev–Trinajstić information content (AvgIpc) is 3.29. The number of carbonyl (C=O) groups excluding carboxylic acids is 1. The molecule has 0 bridgehead atoms. The number of benzene rings is 1. The lowest BCUT2D eigenvalue weighted by Gasteiger charge is -2.22. The SMILES string of the molecule is C[C@H](Nc1ncnc2scnc12)c1cc2cccc(Cl)c2c(C(=O)CC2CCNCC2)n1. The predicted molar refractivity (Wildman–Crippen MR) is 129 cm³/mol. The first-order valence-corrected chi connectivity index (χ1v) is 12.0. The Morgan fingerprint density at radius 1 is 1.28 bits per heavy atom. The van der Waals surface area contributed by atoms with Crippen molar-refractivity contribution in [1.82, 2.24) is 25.3 Å². The fraction of sp³-hybridized carbons (Fsp3) is 0.348. The smallest absolute Gasteiger partial charge is 0.182 e. The number of hydrogen-bond donors (Lipinski definition) is 2. The molecule has 5 rings (SSSR count). The van der Waals surface area contributed by atoms with Crippen LogP contribution in [-0.4, -0.2) is 38.8 Å². The van der Waals surface area contributed by atoms with Gasteiger partial charge in [-0.15, -0.1) is 11.3 Å². The van der Waals surface area contributed by atoms with Crippen LogP contribution in [0.15, 0.2) is 36.1 Å². The molecule has 1 aromatic carbocycles. The molecule has 7 nitrogen and oxygen atoms in total. The Morgan fingerprint density at radius 2 is 2.12 bits per heavy atom. The number of ketones is 1. The number of hydrogen-bond acceptors (Lipinski definition) is 8. The van der Waals surface area contributed by atoms with E-state index >= 15 is 0 Å². The van der Waals surface area contributed by atoms with Gasteiger partial charge in [0.05, 0.1) is 22.3 Å². The van der Waals surface area contributed by atoms with E-state index in [1.165, 1.54) is 17.7 Å². The first kappa shape index (κ1) is 21.2. The minimum atomic E-state index is -0.191. The van der Waals surface area contributed by atoms with E-state index in [2.05, 4.69) is 25.6 Å². The van der Waals surface area contributed by atoms with Crippen molar-refractivity contribution >= 4 is 55.7 Å². The molecule has 1 saturated heterocycles. The molecule has 2 N–H and O–H groups in total. The molecule has 32 heavy (non-hydrogen) atoms. The van der Waals surface area contributed by atoms with Gasteiger partial charge in [-0.3, -0.25) is 4.79 Å². The van der Waals surface area contributed by atoms with Gasteiger partial charge in [0.1, 0.15) is 22.4 Å². The van der Waals surface area contributed by atoms with Gasteiger partial charge in [0.25, 0.3) is 0 Å². The minimum absolute atomic E-state index is 0.0491. The first-order chi connectivity index (χ1) is 15.6. The Kier molecular flexibility index (Phi) is 5.99. The van der Waals surface area contributed by atoms with Crippen LogP contribution in [0.1, 0.15) is 48.4 Å². The maximum absolute atomic E-state index is 13.4. The van der Waals surface area contributed by atoms with E-state index in [9.17, 15) is 4.79 Å². The summed E-state index contributed by atoms with van der Waals surface area (Å²) in [7, 11) is 0. The van der Waals surface area contributed by atoms with Gasteiger partial charge >= 0.3 is 0 Å². The number of carbonyl (C=O) groups is 1. The Hall–Kier alpha value is -2.68. The van der Waals surface area contributed by atoms with Crippen LogP contribution in [0.3, 0.4) is 0 Å². The van der Waals surface area contributed by atoms with Crippen LogP contribution < -0.4 is 10.6 Å². The number of thiazole rings is 1. The molecule has 0 amide bonds. The summed E-state index contributed by atoms with van der Waals surface area (Å²) in [5.74, 6) is 1.08. The maximum atomic E-state index is 13.4. The molecule has 0 aliphatic carbocycles.